The normalized spacial score (nSPS) is 11.3. The molecule has 23 heavy (non-hydrogen) atoms. The molecule has 0 spiro atoms. The van der Waals surface area contributed by atoms with Crippen molar-refractivity contribution in [1.82, 2.24) is 0 Å². The molecule has 0 aliphatic heterocycles. The van der Waals surface area contributed by atoms with Crippen molar-refractivity contribution in [2.45, 2.75) is 33.1 Å². The zero-order valence-corrected chi connectivity index (χ0v) is 13.5. The van der Waals surface area contributed by atoms with Crippen molar-refractivity contribution in [3.63, 3.8) is 0 Å². The van der Waals surface area contributed by atoms with E-state index in [0.29, 0.717) is 5.56 Å². The Bertz CT molecular complexity index is 759. The molecular formula is C17H18N2O4. The molecule has 0 heterocycles. The predicted molar refractivity (Wildman–Crippen MR) is 88.6 cm³/mol. The number of hydrogen-bond donors (Lipinski definition) is 0. The summed E-state index contributed by atoms with van der Waals surface area (Å²) >= 11 is 0. The Balaban J connectivity index is 2.83. The van der Waals surface area contributed by atoms with Crippen LogP contribution in [-0.2, 0) is 5.41 Å². The van der Waals surface area contributed by atoms with Crippen LogP contribution in [0.25, 0.3) is 11.1 Å². The summed E-state index contributed by atoms with van der Waals surface area (Å²) in [5, 5.41) is 22.6. The minimum atomic E-state index is -0.582. The number of hydrogen-bond acceptors (Lipinski definition) is 4. The number of nitro benzene ring substituents is 2. The Morgan fingerprint density at radius 1 is 0.913 bits per heavy atom. The molecule has 120 valence electrons. The van der Waals surface area contributed by atoms with Gasteiger partial charge in [0.2, 0.25) is 0 Å². The fourth-order valence-electron chi connectivity index (χ4n) is 2.49. The first-order valence-electron chi connectivity index (χ1n) is 7.15. The highest BCUT2D eigenvalue weighted by Gasteiger charge is 2.27. The molecule has 0 N–H and O–H groups in total. The van der Waals surface area contributed by atoms with Gasteiger partial charge >= 0.3 is 0 Å². The zero-order chi connectivity index (χ0) is 17.4. The summed E-state index contributed by atoms with van der Waals surface area (Å²) < 4.78 is 0. The standard InChI is InChI=1S/C17H18N2O4/c1-11-8-12(10-13(9-11)17(2,3)4)16-14(18(20)21)6-5-7-15(16)19(22)23/h5-10H,1-4H3. The molecule has 0 bridgehead atoms. The maximum atomic E-state index is 11.3. The lowest BCUT2D eigenvalue weighted by atomic mass is 9.84. The Morgan fingerprint density at radius 2 is 1.43 bits per heavy atom. The van der Waals surface area contributed by atoms with E-state index in [1.54, 1.807) is 12.1 Å². The summed E-state index contributed by atoms with van der Waals surface area (Å²) in [5.74, 6) is 0. The molecule has 0 atom stereocenters. The largest absolute Gasteiger partial charge is 0.284 e. The molecule has 2 rings (SSSR count). The quantitative estimate of drug-likeness (QED) is 0.602. The minimum Gasteiger partial charge on any atom is -0.258 e. The van der Waals surface area contributed by atoms with Gasteiger partial charge in [0.15, 0.2) is 0 Å². The molecule has 0 aromatic heterocycles. The lowest BCUT2D eigenvalue weighted by molar-refractivity contribution is -0.392. The fourth-order valence-corrected chi connectivity index (χ4v) is 2.49. The van der Waals surface area contributed by atoms with Gasteiger partial charge in [-0.2, -0.15) is 0 Å². The molecule has 0 unspecified atom stereocenters. The number of rotatable bonds is 3. The van der Waals surface area contributed by atoms with E-state index in [-0.39, 0.29) is 22.4 Å². The van der Waals surface area contributed by atoms with Crippen LogP contribution in [-0.4, -0.2) is 9.85 Å². The predicted octanol–water partition coefficient (Wildman–Crippen LogP) is 4.78. The molecule has 0 aliphatic rings. The average molecular weight is 314 g/mol. The highest BCUT2D eigenvalue weighted by molar-refractivity contribution is 5.82. The van der Waals surface area contributed by atoms with Crippen LogP contribution in [0.15, 0.2) is 36.4 Å². The third-order valence-corrected chi connectivity index (χ3v) is 3.65. The maximum absolute atomic E-state index is 11.3. The second-order valence-corrected chi connectivity index (χ2v) is 6.52. The molecule has 6 heteroatoms. The van der Waals surface area contributed by atoms with Gasteiger partial charge in [0.1, 0.15) is 5.56 Å². The van der Waals surface area contributed by atoms with E-state index in [0.717, 1.165) is 11.1 Å². The smallest absolute Gasteiger partial charge is 0.258 e. The number of benzene rings is 2. The highest BCUT2D eigenvalue weighted by Crippen LogP contribution is 2.39. The lowest BCUT2D eigenvalue weighted by Gasteiger charge is -2.21. The average Bonchev–Trinajstić information content (AvgIpc) is 2.44. The van der Waals surface area contributed by atoms with Crippen molar-refractivity contribution in [2.24, 2.45) is 0 Å². The van der Waals surface area contributed by atoms with Gasteiger partial charge < -0.3 is 0 Å². The van der Waals surface area contributed by atoms with Gasteiger partial charge in [0.05, 0.1) is 9.85 Å². The molecular weight excluding hydrogens is 296 g/mol. The van der Waals surface area contributed by atoms with Gasteiger partial charge in [-0.3, -0.25) is 20.2 Å². The van der Waals surface area contributed by atoms with Gasteiger partial charge in [-0.05, 0) is 29.5 Å². The molecule has 0 saturated heterocycles. The Labute approximate surface area is 134 Å². The van der Waals surface area contributed by atoms with Crippen molar-refractivity contribution < 1.29 is 9.85 Å². The van der Waals surface area contributed by atoms with Gasteiger partial charge in [-0.25, -0.2) is 0 Å². The summed E-state index contributed by atoms with van der Waals surface area (Å²) in [6, 6.07) is 9.44. The van der Waals surface area contributed by atoms with Crippen LogP contribution in [0, 0.1) is 27.2 Å². The fraction of sp³-hybridized carbons (Fsp3) is 0.294. The van der Waals surface area contributed by atoms with Crippen LogP contribution in [0.5, 0.6) is 0 Å². The molecule has 6 nitrogen and oxygen atoms in total. The monoisotopic (exact) mass is 314 g/mol. The molecule has 2 aromatic carbocycles. The minimum absolute atomic E-state index is 0.0525. The maximum Gasteiger partial charge on any atom is 0.284 e. The summed E-state index contributed by atoms with van der Waals surface area (Å²) in [6.45, 7) is 7.96. The summed E-state index contributed by atoms with van der Waals surface area (Å²) in [5.41, 5.74) is 1.74. The van der Waals surface area contributed by atoms with Gasteiger partial charge in [0, 0.05) is 12.1 Å². The number of aryl methyl sites for hydroxylation is 1. The Morgan fingerprint density at radius 3 is 1.87 bits per heavy atom. The van der Waals surface area contributed by atoms with E-state index in [1.807, 2.05) is 33.8 Å². The van der Waals surface area contributed by atoms with Gasteiger partial charge in [-0.1, -0.05) is 44.5 Å². The number of nitro groups is 2. The Kier molecular flexibility index (Phi) is 4.18. The Hall–Kier alpha value is -2.76. The van der Waals surface area contributed by atoms with E-state index in [1.165, 1.54) is 18.2 Å². The second kappa shape index (κ2) is 5.79. The van der Waals surface area contributed by atoms with E-state index in [4.69, 9.17) is 0 Å². The molecule has 0 radical (unpaired) electrons. The topological polar surface area (TPSA) is 86.3 Å². The summed E-state index contributed by atoms with van der Waals surface area (Å²) in [7, 11) is 0. The highest BCUT2D eigenvalue weighted by atomic mass is 16.6. The van der Waals surface area contributed by atoms with Crippen molar-refractivity contribution in [2.75, 3.05) is 0 Å². The first kappa shape index (κ1) is 16.6. The summed E-state index contributed by atoms with van der Waals surface area (Å²) in [6.07, 6.45) is 0. The molecule has 0 fully saturated rings. The van der Waals surface area contributed by atoms with Gasteiger partial charge in [-0.15, -0.1) is 0 Å². The van der Waals surface area contributed by atoms with Crippen LogP contribution >= 0.6 is 0 Å². The van der Waals surface area contributed by atoms with Crippen molar-refractivity contribution in [3.8, 4) is 11.1 Å². The van der Waals surface area contributed by atoms with Gasteiger partial charge in [0.25, 0.3) is 11.4 Å². The van der Waals surface area contributed by atoms with Crippen LogP contribution in [0.3, 0.4) is 0 Å². The van der Waals surface area contributed by atoms with Crippen LogP contribution in [0.1, 0.15) is 31.9 Å². The molecule has 0 aliphatic carbocycles. The van der Waals surface area contributed by atoms with Crippen molar-refractivity contribution in [1.29, 1.82) is 0 Å². The number of nitrogens with zero attached hydrogens (tertiary/aromatic N) is 2. The van der Waals surface area contributed by atoms with Crippen LogP contribution in [0.4, 0.5) is 11.4 Å². The van der Waals surface area contributed by atoms with Crippen LogP contribution < -0.4 is 0 Å². The molecule has 0 amide bonds. The van der Waals surface area contributed by atoms with Crippen molar-refractivity contribution in [3.05, 3.63) is 67.8 Å². The van der Waals surface area contributed by atoms with E-state index >= 15 is 0 Å². The zero-order valence-electron chi connectivity index (χ0n) is 13.5. The summed E-state index contributed by atoms with van der Waals surface area (Å²) in [4.78, 5) is 21.5. The second-order valence-electron chi connectivity index (χ2n) is 6.52. The first-order valence-corrected chi connectivity index (χ1v) is 7.15. The SMILES string of the molecule is Cc1cc(-c2c([N+](=O)[O-])cccc2[N+](=O)[O-])cc(C(C)(C)C)c1. The van der Waals surface area contributed by atoms with E-state index < -0.39 is 9.85 Å². The third-order valence-electron chi connectivity index (χ3n) is 3.65. The first-order chi connectivity index (χ1) is 10.6. The van der Waals surface area contributed by atoms with Crippen LogP contribution in [0.2, 0.25) is 0 Å². The lowest BCUT2D eigenvalue weighted by Crippen LogP contribution is -2.11. The van der Waals surface area contributed by atoms with E-state index in [2.05, 4.69) is 0 Å². The third kappa shape index (κ3) is 3.36. The molecule has 0 saturated carbocycles. The molecule has 2 aromatic rings. The van der Waals surface area contributed by atoms with E-state index in [9.17, 15) is 20.2 Å². The van der Waals surface area contributed by atoms with Crippen molar-refractivity contribution >= 4 is 11.4 Å².